The lowest BCUT2D eigenvalue weighted by atomic mass is 10.1. The molecule has 0 aliphatic rings. The van der Waals surface area contributed by atoms with Gasteiger partial charge in [-0.25, -0.2) is 4.79 Å². The van der Waals surface area contributed by atoms with Gasteiger partial charge in [-0.2, -0.15) is 5.26 Å². The van der Waals surface area contributed by atoms with E-state index in [0.29, 0.717) is 23.5 Å². The maximum Gasteiger partial charge on any atom is 0.350 e. The van der Waals surface area contributed by atoms with E-state index in [4.69, 9.17) is 9.47 Å². The van der Waals surface area contributed by atoms with Gasteiger partial charge in [-0.15, -0.1) is 0 Å². The first-order valence-corrected chi connectivity index (χ1v) is 8.78. The summed E-state index contributed by atoms with van der Waals surface area (Å²) in [6.07, 6.45) is 0.293. The van der Waals surface area contributed by atoms with Gasteiger partial charge in [-0.05, 0) is 30.7 Å². The van der Waals surface area contributed by atoms with E-state index in [2.05, 4.69) is 0 Å². The minimum absolute atomic E-state index is 0.198. The topological polar surface area (TPSA) is 79.6 Å². The molecule has 144 valence electrons. The number of benzene rings is 2. The third kappa shape index (κ3) is 5.45. The smallest absolute Gasteiger partial charge is 0.350 e. The Balaban J connectivity index is 2.24. The fourth-order valence-electron chi connectivity index (χ4n) is 2.42. The number of nitrogens with zero attached hydrogens (tertiary/aromatic N) is 2. The molecule has 0 aromatic heterocycles. The number of hydrogen-bond acceptors (Lipinski definition) is 5. The average Bonchev–Trinajstić information content (AvgIpc) is 2.71. The number of esters is 1. The van der Waals surface area contributed by atoms with Crippen LogP contribution in [0.3, 0.4) is 0 Å². The molecule has 0 saturated carbocycles. The van der Waals surface area contributed by atoms with Gasteiger partial charge in [0, 0.05) is 19.7 Å². The van der Waals surface area contributed by atoms with Crippen LogP contribution in [0.4, 0.5) is 0 Å². The van der Waals surface area contributed by atoms with Crippen LogP contribution >= 0.6 is 0 Å². The Bertz CT molecular complexity index is 881. The zero-order valence-corrected chi connectivity index (χ0v) is 16.1. The molecule has 0 aliphatic carbocycles. The lowest BCUT2D eigenvalue weighted by Gasteiger charge is -2.21. The number of rotatable bonds is 7. The molecule has 0 aliphatic heterocycles. The molecule has 0 radical (unpaired) electrons. The highest BCUT2D eigenvalue weighted by molar-refractivity contribution is 5.99. The Morgan fingerprint density at radius 3 is 2.29 bits per heavy atom. The zero-order chi connectivity index (χ0) is 20.5. The van der Waals surface area contributed by atoms with Crippen molar-refractivity contribution in [1.82, 2.24) is 4.90 Å². The zero-order valence-electron chi connectivity index (χ0n) is 16.1. The van der Waals surface area contributed by atoms with Gasteiger partial charge in [0.1, 0.15) is 17.4 Å². The molecule has 1 amide bonds. The number of nitriles is 1. The van der Waals surface area contributed by atoms with Gasteiger partial charge >= 0.3 is 5.97 Å². The molecule has 2 rings (SSSR count). The van der Waals surface area contributed by atoms with Crippen LogP contribution in [0, 0.1) is 11.3 Å². The first kappa shape index (κ1) is 20.7. The second-order valence-corrected chi connectivity index (χ2v) is 6.10. The maximum absolute atomic E-state index is 12.6. The third-order valence-corrected chi connectivity index (χ3v) is 3.83. The number of likely N-dealkylation sites (N-methyl/N-ethyl adjacent to an activating group) is 1. The van der Waals surface area contributed by atoms with Crippen molar-refractivity contribution in [3.63, 3.8) is 0 Å². The van der Waals surface area contributed by atoms with Crippen LogP contribution in [0.15, 0.2) is 60.2 Å². The van der Waals surface area contributed by atoms with Crippen LogP contribution in [0.1, 0.15) is 24.2 Å². The second-order valence-electron chi connectivity index (χ2n) is 6.10. The highest BCUT2D eigenvalue weighted by Crippen LogP contribution is 2.22. The molecule has 0 unspecified atom stereocenters. The summed E-state index contributed by atoms with van der Waals surface area (Å²) in [6.45, 7) is 2.43. The summed E-state index contributed by atoms with van der Waals surface area (Å²) in [6, 6.07) is 17.5. The van der Waals surface area contributed by atoms with Gasteiger partial charge < -0.3 is 14.4 Å². The number of amides is 1. The van der Waals surface area contributed by atoms with Gasteiger partial charge in [0.25, 0.3) is 5.91 Å². The van der Waals surface area contributed by atoms with Crippen LogP contribution in [0.2, 0.25) is 0 Å². The first-order chi connectivity index (χ1) is 13.5. The molecular weight excluding hydrogens is 356 g/mol. The minimum atomic E-state index is -1.12. The summed E-state index contributed by atoms with van der Waals surface area (Å²) >= 11 is 0. The number of carbonyl (C=O) groups excluding carboxylic acids is 2. The number of carbonyl (C=O) groups is 2. The van der Waals surface area contributed by atoms with Crippen molar-refractivity contribution in [3.8, 4) is 11.8 Å². The molecule has 0 fully saturated rings. The molecule has 2 aromatic rings. The molecule has 0 heterocycles. The second kappa shape index (κ2) is 9.93. The Kier molecular flexibility index (Phi) is 7.35. The van der Waals surface area contributed by atoms with E-state index in [1.807, 2.05) is 13.0 Å². The molecule has 6 heteroatoms. The monoisotopic (exact) mass is 378 g/mol. The van der Waals surface area contributed by atoms with Crippen molar-refractivity contribution < 1.29 is 19.1 Å². The Morgan fingerprint density at radius 1 is 1.11 bits per heavy atom. The summed E-state index contributed by atoms with van der Waals surface area (Å²) in [5.74, 6) is -0.556. The van der Waals surface area contributed by atoms with Gasteiger partial charge in [0.2, 0.25) is 6.10 Å². The number of ether oxygens (including phenoxy) is 2. The predicted molar refractivity (Wildman–Crippen MR) is 105 cm³/mol. The van der Waals surface area contributed by atoms with E-state index in [-0.39, 0.29) is 5.57 Å². The molecule has 28 heavy (non-hydrogen) atoms. The Labute approximate surface area is 164 Å². The molecular formula is C22H22N2O4. The van der Waals surface area contributed by atoms with Crippen molar-refractivity contribution in [3.05, 3.63) is 71.3 Å². The average molecular weight is 378 g/mol. The van der Waals surface area contributed by atoms with Gasteiger partial charge in [-0.1, -0.05) is 42.5 Å². The SMILES string of the molecule is CCOc1ccc(/C=C(\C#N)C(=O)O[C@@H](C(=O)N(C)C)c2ccccc2)cc1. The molecule has 0 spiro atoms. The third-order valence-electron chi connectivity index (χ3n) is 3.83. The van der Waals surface area contributed by atoms with Crippen LogP contribution in [0.25, 0.3) is 6.08 Å². The summed E-state index contributed by atoms with van der Waals surface area (Å²) in [7, 11) is 3.15. The minimum Gasteiger partial charge on any atom is -0.494 e. The highest BCUT2D eigenvalue weighted by atomic mass is 16.5. The quantitative estimate of drug-likeness (QED) is 0.419. The van der Waals surface area contributed by atoms with Crippen molar-refractivity contribution in [1.29, 1.82) is 5.26 Å². The van der Waals surface area contributed by atoms with Gasteiger partial charge in [-0.3, -0.25) is 4.79 Å². The molecule has 0 N–H and O–H groups in total. The summed E-state index contributed by atoms with van der Waals surface area (Å²) < 4.78 is 10.8. The lowest BCUT2D eigenvalue weighted by Crippen LogP contribution is -2.31. The van der Waals surface area contributed by atoms with Gasteiger partial charge in [0.05, 0.1) is 6.61 Å². The molecule has 0 saturated heterocycles. The number of hydrogen-bond donors (Lipinski definition) is 0. The van der Waals surface area contributed by atoms with E-state index in [9.17, 15) is 14.9 Å². The van der Waals surface area contributed by atoms with Crippen LogP contribution in [-0.4, -0.2) is 37.5 Å². The standard InChI is InChI=1S/C22H22N2O4/c1-4-27-19-12-10-16(11-13-19)14-18(15-23)22(26)28-20(21(25)24(2)3)17-8-6-5-7-9-17/h5-14,20H,4H2,1-3H3/b18-14+/t20-/m1/s1. The largest absolute Gasteiger partial charge is 0.494 e. The summed E-state index contributed by atoms with van der Waals surface area (Å²) in [5.41, 5.74) is 0.983. The van der Waals surface area contributed by atoms with E-state index in [1.165, 1.54) is 11.0 Å². The molecule has 2 aromatic carbocycles. The van der Waals surface area contributed by atoms with Crippen molar-refractivity contribution in [2.45, 2.75) is 13.0 Å². The first-order valence-electron chi connectivity index (χ1n) is 8.78. The van der Waals surface area contributed by atoms with Crippen molar-refractivity contribution in [2.24, 2.45) is 0 Å². The molecule has 6 nitrogen and oxygen atoms in total. The Hall–Kier alpha value is -3.59. The van der Waals surface area contributed by atoms with Crippen LogP contribution < -0.4 is 4.74 Å². The van der Waals surface area contributed by atoms with E-state index in [0.717, 1.165) is 0 Å². The normalized spacial score (nSPS) is 11.9. The van der Waals surface area contributed by atoms with E-state index < -0.39 is 18.0 Å². The lowest BCUT2D eigenvalue weighted by molar-refractivity contribution is -0.156. The van der Waals surface area contributed by atoms with Crippen molar-refractivity contribution in [2.75, 3.05) is 20.7 Å². The van der Waals surface area contributed by atoms with Crippen LogP contribution in [0.5, 0.6) is 5.75 Å². The van der Waals surface area contributed by atoms with E-state index in [1.54, 1.807) is 68.7 Å². The maximum atomic E-state index is 12.6. The van der Waals surface area contributed by atoms with Crippen molar-refractivity contribution >= 4 is 18.0 Å². The summed E-state index contributed by atoms with van der Waals surface area (Å²) in [5, 5.41) is 9.39. The van der Waals surface area contributed by atoms with Crippen LogP contribution in [-0.2, 0) is 14.3 Å². The highest BCUT2D eigenvalue weighted by Gasteiger charge is 2.27. The van der Waals surface area contributed by atoms with Gasteiger partial charge in [0.15, 0.2) is 0 Å². The molecule has 0 bridgehead atoms. The fraction of sp³-hybridized carbons (Fsp3) is 0.227. The predicted octanol–water partition coefficient (Wildman–Crippen LogP) is 3.36. The van der Waals surface area contributed by atoms with E-state index >= 15 is 0 Å². The fourth-order valence-corrected chi connectivity index (χ4v) is 2.42. The Morgan fingerprint density at radius 2 is 1.75 bits per heavy atom. The molecule has 1 atom stereocenters. The summed E-state index contributed by atoms with van der Waals surface area (Å²) in [4.78, 5) is 26.4.